The van der Waals surface area contributed by atoms with Gasteiger partial charge in [0.25, 0.3) is 11.8 Å². The summed E-state index contributed by atoms with van der Waals surface area (Å²) in [5.41, 5.74) is 3.77. The molecule has 2 amide bonds. The molecule has 4 rings (SSSR count). The van der Waals surface area contributed by atoms with E-state index in [1.54, 1.807) is 42.3 Å². The van der Waals surface area contributed by atoms with Crippen LogP contribution < -0.4 is 15.4 Å². The van der Waals surface area contributed by atoms with Crippen LogP contribution >= 0.6 is 0 Å². The van der Waals surface area contributed by atoms with E-state index < -0.39 is 5.82 Å². The van der Waals surface area contributed by atoms with Crippen LogP contribution in [0.2, 0.25) is 0 Å². The maximum atomic E-state index is 13.1. The van der Waals surface area contributed by atoms with Crippen molar-refractivity contribution in [3.8, 4) is 11.4 Å². The van der Waals surface area contributed by atoms with Gasteiger partial charge in [-0.1, -0.05) is 18.2 Å². The first kappa shape index (κ1) is 22.7. The standard InChI is InChI=1S/C26H23FN4O3/c1-17-6-11-24(34-2)23(14-17)31-13-12-22(30-31)26(33)28-16-18-4-3-5-21(15-18)29-25(32)19-7-9-20(27)10-8-19/h3-15H,16H2,1-2H3,(H,28,33)(H,29,32). The number of methoxy groups -OCH3 is 1. The van der Waals surface area contributed by atoms with Crippen LogP contribution in [0.1, 0.15) is 32.0 Å². The molecule has 0 aliphatic rings. The van der Waals surface area contributed by atoms with Crippen molar-refractivity contribution in [1.29, 1.82) is 0 Å². The lowest BCUT2D eigenvalue weighted by molar-refractivity contribution is 0.0944. The third kappa shape index (κ3) is 5.29. The molecule has 0 saturated heterocycles. The summed E-state index contributed by atoms with van der Waals surface area (Å²) in [5, 5.41) is 9.99. The van der Waals surface area contributed by atoms with E-state index in [9.17, 15) is 14.0 Å². The minimum absolute atomic E-state index is 0.250. The second-order valence-electron chi connectivity index (χ2n) is 7.66. The van der Waals surface area contributed by atoms with Crippen molar-refractivity contribution in [1.82, 2.24) is 15.1 Å². The number of anilines is 1. The van der Waals surface area contributed by atoms with Crippen LogP contribution in [-0.2, 0) is 6.54 Å². The number of aromatic nitrogens is 2. The molecule has 2 N–H and O–H groups in total. The van der Waals surface area contributed by atoms with E-state index in [1.807, 2.05) is 31.2 Å². The van der Waals surface area contributed by atoms with Crippen LogP contribution in [0, 0.1) is 12.7 Å². The molecule has 0 saturated carbocycles. The monoisotopic (exact) mass is 458 g/mol. The molecule has 0 fully saturated rings. The third-order valence-electron chi connectivity index (χ3n) is 5.15. The third-order valence-corrected chi connectivity index (χ3v) is 5.15. The molecule has 0 aliphatic carbocycles. The molecular formula is C26H23FN4O3. The molecule has 3 aromatic carbocycles. The predicted molar refractivity (Wildman–Crippen MR) is 127 cm³/mol. The molecule has 0 atom stereocenters. The average Bonchev–Trinajstić information content (AvgIpc) is 3.33. The largest absolute Gasteiger partial charge is 0.494 e. The normalized spacial score (nSPS) is 10.6. The number of aryl methyl sites for hydroxylation is 1. The lowest BCUT2D eigenvalue weighted by Crippen LogP contribution is -2.23. The van der Waals surface area contributed by atoms with Gasteiger partial charge in [-0.25, -0.2) is 9.07 Å². The number of rotatable bonds is 7. The highest BCUT2D eigenvalue weighted by Crippen LogP contribution is 2.23. The highest BCUT2D eigenvalue weighted by molar-refractivity contribution is 6.04. The Balaban J connectivity index is 1.40. The molecule has 34 heavy (non-hydrogen) atoms. The van der Waals surface area contributed by atoms with Gasteiger partial charge in [-0.15, -0.1) is 0 Å². The van der Waals surface area contributed by atoms with Gasteiger partial charge < -0.3 is 15.4 Å². The van der Waals surface area contributed by atoms with Crippen molar-refractivity contribution in [2.45, 2.75) is 13.5 Å². The summed E-state index contributed by atoms with van der Waals surface area (Å²) >= 11 is 0. The number of benzene rings is 3. The lowest BCUT2D eigenvalue weighted by atomic mass is 10.1. The molecule has 172 valence electrons. The van der Waals surface area contributed by atoms with Gasteiger partial charge in [-0.3, -0.25) is 9.59 Å². The van der Waals surface area contributed by atoms with Crippen molar-refractivity contribution in [3.63, 3.8) is 0 Å². The molecule has 1 heterocycles. The van der Waals surface area contributed by atoms with Gasteiger partial charge in [0.15, 0.2) is 5.69 Å². The Morgan fingerprint density at radius 2 is 1.79 bits per heavy atom. The van der Waals surface area contributed by atoms with Gasteiger partial charge in [-0.05, 0) is 72.6 Å². The van der Waals surface area contributed by atoms with Crippen molar-refractivity contribution in [2.24, 2.45) is 0 Å². The van der Waals surface area contributed by atoms with Gasteiger partial charge in [0, 0.05) is 24.0 Å². The summed E-state index contributed by atoms with van der Waals surface area (Å²) in [6.07, 6.45) is 1.71. The number of carbonyl (C=O) groups excluding carboxylic acids is 2. The van der Waals surface area contributed by atoms with E-state index in [0.29, 0.717) is 17.0 Å². The van der Waals surface area contributed by atoms with Gasteiger partial charge in [0.05, 0.1) is 7.11 Å². The Bertz CT molecular complexity index is 1330. The SMILES string of the molecule is COc1ccc(C)cc1-n1ccc(C(=O)NCc2cccc(NC(=O)c3ccc(F)cc3)c2)n1. The fraction of sp³-hybridized carbons (Fsp3) is 0.115. The first-order valence-corrected chi connectivity index (χ1v) is 10.6. The fourth-order valence-electron chi connectivity index (χ4n) is 3.39. The van der Waals surface area contributed by atoms with Gasteiger partial charge >= 0.3 is 0 Å². The second-order valence-corrected chi connectivity index (χ2v) is 7.66. The first-order valence-electron chi connectivity index (χ1n) is 10.6. The van der Waals surface area contributed by atoms with Crippen LogP contribution in [0.3, 0.4) is 0 Å². The van der Waals surface area contributed by atoms with Gasteiger partial charge in [0.1, 0.15) is 17.3 Å². The van der Waals surface area contributed by atoms with E-state index in [0.717, 1.165) is 16.8 Å². The van der Waals surface area contributed by atoms with Crippen molar-refractivity contribution in [3.05, 3.63) is 107 Å². The number of nitrogens with zero attached hydrogens (tertiary/aromatic N) is 2. The molecule has 7 nitrogen and oxygen atoms in total. The van der Waals surface area contributed by atoms with E-state index >= 15 is 0 Å². The average molecular weight is 458 g/mol. The van der Waals surface area contributed by atoms with Crippen molar-refractivity contribution in [2.75, 3.05) is 12.4 Å². The molecule has 0 spiro atoms. The Labute approximate surface area is 196 Å². The molecular weight excluding hydrogens is 435 g/mol. The van der Waals surface area contributed by atoms with Gasteiger partial charge in [-0.2, -0.15) is 5.10 Å². The van der Waals surface area contributed by atoms with Crippen LogP contribution in [0.5, 0.6) is 5.75 Å². The van der Waals surface area contributed by atoms with Crippen LogP contribution in [-0.4, -0.2) is 28.7 Å². The van der Waals surface area contributed by atoms with Crippen LogP contribution in [0.4, 0.5) is 10.1 Å². The second kappa shape index (κ2) is 9.99. The number of ether oxygens (including phenoxy) is 1. The predicted octanol–water partition coefficient (Wildman–Crippen LogP) is 4.51. The molecule has 0 aliphatic heterocycles. The van der Waals surface area contributed by atoms with Gasteiger partial charge in [0.2, 0.25) is 0 Å². The number of carbonyl (C=O) groups is 2. The molecule has 4 aromatic rings. The maximum absolute atomic E-state index is 13.1. The van der Waals surface area contributed by atoms with Crippen LogP contribution in [0.15, 0.2) is 79.0 Å². The number of hydrogen-bond acceptors (Lipinski definition) is 4. The van der Waals surface area contributed by atoms with Crippen molar-refractivity contribution < 1.29 is 18.7 Å². The smallest absolute Gasteiger partial charge is 0.272 e. The van der Waals surface area contributed by atoms with Crippen molar-refractivity contribution >= 4 is 17.5 Å². The number of hydrogen-bond donors (Lipinski definition) is 2. The Kier molecular flexibility index (Phi) is 6.68. The Morgan fingerprint density at radius 3 is 2.56 bits per heavy atom. The zero-order chi connectivity index (χ0) is 24.1. The quantitative estimate of drug-likeness (QED) is 0.427. The first-order chi connectivity index (χ1) is 16.4. The highest BCUT2D eigenvalue weighted by atomic mass is 19.1. The molecule has 8 heteroatoms. The fourth-order valence-corrected chi connectivity index (χ4v) is 3.39. The molecule has 0 radical (unpaired) electrons. The zero-order valence-corrected chi connectivity index (χ0v) is 18.7. The van der Waals surface area contributed by atoms with E-state index in [-0.39, 0.29) is 24.1 Å². The Morgan fingerprint density at radius 1 is 1.00 bits per heavy atom. The minimum atomic E-state index is -0.405. The number of halogens is 1. The summed E-state index contributed by atoms with van der Waals surface area (Å²) in [7, 11) is 1.58. The maximum Gasteiger partial charge on any atom is 0.272 e. The van der Waals surface area contributed by atoms with Crippen LogP contribution in [0.25, 0.3) is 5.69 Å². The van der Waals surface area contributed by atoms with E-state index in [4.69, 9.17) is 4.74 Å². The summed E-state index contributed by atoms with van der Waals surface area (Å²) < 4.78 is 20.1. The summed E-state index contributed by atoms with van der Waals surface area (Å²) in [6, 6.07) is 19.8. The van der Waals surface area contributed by atoms with E-state index in [1.165, 1.54) is 24.3 Å². The summed E-state index contributed by atoms with van der Waals surface area (Å²) in [4.78, 5) is 25.0. The molecule has 0 bridgehead atoms. The summed E-state index contributed by atoms with van der Waals surface area (Å²) in [5.74, 6) is -0.429. The zero-order valence-electron chi connectivity index (χ0n) is 18.7. The summed E-state index contributed by atoms with van der Waals surface area (Å²) in [6.45, 7) is 2.22. The molecule has 1 aromatic heterocycles. The Hall–Kier alpha value is -4.46. The minimum Gasteiger partial charge on any atom is -0.494 e. The number of amides is 2. The highest BCUT2D eigenvalue weighted by Gasteiger charge is 2.13. The van der Waals surface area contributed by atoms with E-state index in [2.05, 4.69) is 15.7 Å². The number of nitrogens with one attached hydrogen (secondary N) is 2. The topological polar surface area (TPSA) is 85.2 Å². The lowest BCUT2D eigenvalue weighted by Gasteiger charge is -2.09. The molecule has 0 unspecified atom stereocenters.